The average molecular weight is 379 g/mol. The van der Waals surface area contributed by atoms with Gasteiger partial charge in [0.05, 0.1) is 6.61 Å². The first-order valence-electron chi connectivity index (χ1n) is 8.33. The summed E-state index contributed by atoms with van der Waals surface area (Å²) in [5.41, 5.74) is 1.41. The fraction of sp³-hybridized carbons (Fsp3) is 0.250. The molecule has 0 aliphatic rings. The van der Waals surface area contributed by atoms with Crippen LogP contribution >= 0.6 is 0 Å². The molecule has 0 aromatic heterocycles. The molecule has 0 unspecified atom stereocenters. The molecular formula is C20H20F3NO3. The number of nitrogens with one attached hydrogen (secondary N) is 1. The Morgan fingerprint density at radius 1 is 1.11 bits per heavy atom. The van der Waals surface area contributed by atoms with Crippen LogP contribution in [-0.2, 0) is 11.3 Å². The van der Waals surface area contributed by atoms with Crippen molar-refractivity contribution in [2.24, 2.45) is 0 Å². The highest BCUT2D eigenvalue weighted by Gasteiger charge is 2.28. The zero-order valence-corrected chi connectivity index (χ0v) is 14.8. The molecule has 0 fully saturated rings. The van der Waals surface area contributed by atoms with Gasteiger partial charge in [0, 0.05) is 18.2 Å². The summed E-state index contributed by atoms with van der Waals surface area (Å²) in [4.78, 5) is 12.0. The van der Waals surface area contributed by atoms with Gasteiger partial charge in [0.15, 0.2) is 6.61 Å². The van der Waals surface area contributed by atoms with Crippen molar-refractivity contribution in [1.29, 1.82) is 0 Å². The van der Waals surface area contributed by atoms with Crippen LogP contribution in [0.4, 0.5) is 13.2 Å². The lowest BCUT2D eigenvalue weighted by atomic mass is 10.2. The molecule has 0 heterocycles. The second kappa shape index (κ2) is 9.66. The van der Waals surface area contributed by atoms with E-state index in [1.54, 1.807) is 18.2 Å². The van der Waals surface area contributed by atoms with Gasteiger partial charge < -0.3 is 14.8 Å². The Labute approximate surface area is 155 Å². The highest BCUT2D eigenvalue weighted by molar-refractivity contribution is 5.92. The number of carbonyl (C=O) groups is 1. The predicted octanol–water partition coefficient (Wildman–Crippen LogP) is 4.36. The quantitative estimate of drug-likeness (QED) is 0.694. The number of hydrogen-bond donors (Lipinski definition) is 1. The second-order valence-electron chi connectivity index (χ2n) is 5.57. The van der Waals surface area contributed by atoms with Crippen molar-refractivity contribution in [3.63, 3.8) is 0 Å². The minimum absolute atomic E-state index is 0.0975. The first-order valence-corrected chi connectivity index (χ1v) is 8.33. The van der Waals surface area contributed by atoms with Gasteiger partial charge in [-0.25, -0.2) is 0 Å². The molecule has 2 rings (SSSR count). The largest absolute Gasteiger partial charge is 0.493 e. The van der Waals surface area contributed by atoms with E-state index in [4.69, 9.17) is 9.47 Å². The summed E-state index contributed by atoms with van der Waals surface area (Å²) in [5, 5.41) is 2.68. The average Bonchev–Trinajstić information content (AvgIpc) is 2.64. The SMILES string of the molecule is CCOc1ccccc1/C=C/C(=O)NCc1cccc(OCC(F)(F)F)c1. The van der Waals surface area contributed by atoms with E-state index in [-0.39, 0.29) is 18.2 Å². The van der Waals surface area contributed by atoms with Gasteiger partial charge in [0.1, 0.15) is 11.5 Å². The number of alkyl halides is 3. The molecule has 1 N–H and O–H groups in total. The van der Waals surface area contributed by atoms with E-state index in [1.807, 2.05) is 31.2 Å². The highest BCUT2D eigenvalue weighted by atomic mass is 19.4. The minimum atomic E-state index is -4.40. The number of carbonyl (C=O) groups excluding carboxylic acids is 1. The Morgan fingerprint density at radius 2 is 1.89 bits per heavy atom. The maximum Gasteiger partial charge on any atom is 0.422 e. The van der Waals surface area contributed by atoms with Gasteiger partial charge in [-0.3, -0.25) is 4.79 Å². The van der Waals surface area contributed by atoms with E-state index in [2.05, 4.69) is 5.32 Å². The molecular weight excluding hydrogens is 359 g/mol. The summed E-state index contributed by atoms with van der Waals surface area (Å²) in [5.74, 6) is 0.446. The molecule has 0 aliphatic carbocycles. The molecule has 144 valence electrons. The minimum Gasteiger partial charge on any atom is -0.493 e. The van der Waals surface area contributed by atoms with Gasteiger partial charge in [-0.2, -0.15) is 13.2 Å². The smallest absolute Gasteiger partial charge is 0.422 e. The van der Waals surface area contributed by atoms with Gasteiger partial charge in [0.25, 0.3) is 0 Å². The number of amides is 1. The predicted molar refractivity (Wildman–Crippen MR) is 96.5 cm³/mol. The van der Waals surface area contributed by atoms with Crippen molar-refractivity contribution in [1.82, 2.24) is 5.32 Å². The van der Waals surface area contributed by atoms with Crippen molar-refractivity contribution < 1.29 is 27.4 Å². The number of hydrogen-bond acceptors (Lipinski definition) is 3. The van der Waals surface area contributed by atoms with Crippen LogP contribution in [0.1, 0.15) is 18.1 Å². The van der Waals surface area contributed by atoms with Crippen LogP contribution in [0.15, 0.2) is 54.6 Å². The monoisotopic (exact) mass is 379 g/mol. The Kier molecular flexibility index (Phi) is 7.28. The fourth-order valence-electron chi connectivity index (χ4n) is 2.23. The molecule has 0 saturated carbocycles. The van der Waals surface area contributed by atoms with Crippen molar-refractivity contribution >= 4 is 12.0 Å². The summed E-state index contributed by atoms with van der Waals surface area (Å²) < 4.78 is 46.8. The van der Waals surface area contributed by atoms with E-state index in [1.165, 1.54) is 18.2 Å². The molecule has 0 atom stereocenters. The van der Waals surface area contributed by atoms with E-state index < -0.39 is 12.8 Å². The molecule has 7 heteroatoms. The highest BCUT2D eigenvalue weighted by Crippen LogP contribution is 2.20. The van der Waals surface area contributed by atoms with E-state index in [0.29, 0.717) is 17.9 Å². The van der Waals surface area contributed by atoms with Crippen molar-refractivity contribution in [3.8, 4) is 11.5 Å². The summed E-state index contributed by atoms with van der Waals surface area (Å²) in [6.45, 7) is 1.20. The van der Waals surface area contributed by atoms with Crippen LogP contribution in [0.2, 0.25) is 0 Å². The van der Waals surface area contributed by atoms with Gasteiger partial charge >= 0.3 is 6.18 Å². The zero-order chi connectivity index (χ0) is 19.7. The summed E-state index contributed by atoms with van der Waals surface area (Å²) in [7, 11) is 0. The van der Waals surface area contributed by atoms with Crippen molar-refractivity contribution in [2.45, 2.75) is 19.6 Å². The lowest BCUT2D eigenvalue weighted by Gasteiger charge is -2.10. The number of para-hydroxylation sites is 1. The van der Waals surface area contributed by atoms with Gasteiger partial charge in [-0.05, 0) is 36.8 Å². The Balaban J connectivity index is 1.90. The number of ether oxygens (including phenoxy) is 2. The zero-order valence-electron chi connectivity index (χ0n) is 14.8. The third kappa shape index (κ3) is 7.43. The summed E-state index contributed by atoms with van der Waals surface area (Å²) >= 11 is 0. The Morgan fingerprint density at radius 3 is 2.63 bits per heavy atom. The molecule has 2 aromatic rings. The lowest BCUT2D eigenvalue weighted by Crippen LogP contribution is -2.21. The van der Waals surface area contributed by atoms with Crippen LogP contribution in [-0.4, -0.2) is 25.3 Å². The van der Waals surface area contributed by atoms with Gasteiger partial charge in [-0.15, -0.1) is 0 Å². The lowest BCUT2D eigenvalue weighted by molar-refractivity contribution is -0.153. The third-order valence-corrected chi connectivity index (χ3v) is 3.40. The summed E-state index contributed by atoms with van der Waals surface area (Å²) in [6, 6.07) is 13.5. The van der Waals surface area contributed by atoms with Crippen LogP contribution in [0, 0.1) is 0 Å². The molecule has 1 amide bonds. The van der Waals surface area contributed by atoms with Gasteiger partial charge in [0.2, 0.25) is 5.91 Å². The number of rotatable bonds is 8. The van der Waals surface area contributed by atoms with Crippen LogP contribution in [0.5, 0.6) is 11.5 Å². The topological polar surface area (TPSA) is 47.6 Å². The molecule has 2 aromatic carbocycles. The maximum atomic E-state index is 12.2. The van der Waals surface area contributed by atoms with Crippen molar-refractivity contribution in [3.05, 3.63) is 65.7 Å². The van der Waals surface area contributed by atoms with Crippen LogP contribution in [0.25, 0.3) is 6.08 Å². The first kappa shape index (κ1) is 20.4. The normalized spacial score (nSPS) is 11.4. The fourth-order valence-corrected chi connectivity index (χ4v) is 2.23. The van der Waals surface area contributed by atoms with Crippen molar-refractivity contribution in [2.75, 3.05) is 13.2 Å². The second-order valence-corrected chi connectivity index (χ2v) is 5.57. The number of halogens is 3. The number of benzene rings is 2. The maximum absolute atomic E-state index is 12.2. The van der Waals surface area contributed by atoms with Crippen LogP contribution < -0.4 is 14.8 Å². The van der Waals surface area contributed by atoms with E-state index in [9.17, 15) is 18.0 Å². The van der Waals surface area contributed by atoms with E-state index in [0.717, 1.165) is 5.56 Å². The Bertz CT molecular complexity index is 788. The Hall–Kier alpha value is -2.96. The molecule has 0 aliphatic heterocycles. The molecule has 0 radical (unpaired) electrons. The summed E-state index contributed by atoms with van der Waals surface area (Å²) in [6.07, 6.45) is -1.38. The molecule has 0 saturated heterocycles. The molecule has 0 spiro atoms. The molecule has 4 nitrogen and oxygen atoms in total. The van der Waals surface area contributed by atoms with Crippen LogP contribution in [0.3, 0.4) is 0 Å². The van der Waals surface area contributed by atoms with E-state index >= 15 is 0 Å². The van der Waals surface area contributed by atoms with Gasteiger partial charge in [-0.1, -0.05) is 30.3 Å². The molecule has 27 heavy (non-hydrogen) atoms. The third-order valence-electron chi connectivity index (χ3n) is 3.40. The standard InChI is InChI=1S/C20H20F3NO3/c1-2-26-18-9-4-3-7-16(18)10-11-19(25)24-13-15-6-5-8-17(12-15)27-14-20(21,22)23/h3-12H,2,13-14H2,1H3,(H,24,25)/b11-10+. The molecule has 0 bridgehead atoms. The first-order chi connectivity index (χ1) is 12.9.